The molecule has 0 saturated heterocycles. The van der Waals surface area contributed by atoms with E-state index in [2.05, 4.69) is 31.3 Å². The first-order valence-corrected chi connectivity index (χ1v) is 10.6. The minimum Gasteiger partial charge on any atom is -0.392 e. The fraction of sp³-hybridized carbons (Fsp3) is 0.286. The lowest BCUT2D eigenvalue weighted by atomic mass is 10.2. The number of pyridine rings is 2. The van der Waals surface area contributed by atoms with Crippen LogP contribution in [0.2, 0.25) is 0 Å². The molecular weight excluding hydrogens is 532 g/mol. The molecule has 0 aliphatic carbocycles. The number of rotatable bonds is 2. The molecule has 2 heterocycles. The van der Waals surface area contributed by atoms with Crippen LogP contribution in [0.5, 0.6) is 0 Å². The maximum atomic E-state index is 11.9. The number of alkyl halides is 7. The zero-order valence-electron chi connectivity index (χ0n) is 14.3. The van der Waals surface area contributed by atoms with Gasteiger partial charge in [0, 0.05) is 52.7 Å². The molecule has 4 nitrogen and oxygen atoms in total. The highest BCUT2D eigenvalue weighted by Gasteiger charge is 2.32. The Hall–Kier alpha value is -0.860. The molecule has 0 radical (unpaired) electrons. The Labute approximate surface area is 188 Å². The number of halogens is 10. The van der Waals surface area contributed by atoms with Gasteiger partial charge in [0.05, 0.1) is 6.61 Å². The van der Waals surface area contributed by atoms with Crippen LogP contribution in [0.15, 0.2) is 36.7 Å². The predicted molar refractivity (Wildman–Crippen MR) is 104 cm³/mol. The summed E-state index contributed by atoms with van der Waals surface area (Å²) < 4.78 is 89.8. The summed E-state index contributed by atoms with van der Waals surface area (Å²) in [6.07, 6.45) is -6.66. The van der Waals surface area contributed by atoms with Gasteiger partial charge in [0.25, 0.3) is 0 Å². The molecular formula is C14H12Cl3F7N2O2S2. The van der Waals surface area contributed by atoms with Gasteiger partial charge in [0.2, 0.25) is 9.23 Å². The van der Waals surface area contributed by atoms with Gasteiger partial charge in [-0.15, -0.1) is 11.6 Å². The monoisotopic (exact) mass is 542 g/mol. The van der Waals surface area contributed by atoms with Crippen LogP contribution in [-0.2, 0) is 34.1 Å². The second-order valence-electron chi connectivity index (χ2n) is 4.57. The van der Waals surface area contributed by atoms with Gasteiger partial charge >= 0.3 is 12.4 Å². The Balaban J connectivity index is 0. The summed E-state index contributed by atoms with van der Waals surface area (Å²) in [5, 5.41) is 8.51. The second-order valence-corrected chi connectivity index (χ2v) is 7.37. The van der Waals surface area contributed by atoms with Crippen LogP contribution >= 0.6 is 46.0 Å². The van der Waals surface area contributed by atoms with E-state index in [-0.39, 0.29) is 12.5 Å². The topological polar surface area (TPSA) is 63.1 Å². The third kappa shape index (κ3) is 15.0. The molecule has 0 amide bonds. The molecule has 1 N–H and O–H groups in total. The van der Waals surface area contributed by atoms with Gasteiger partial charge in [0.1, 0.15) is 11.4 Å². The maximum Gasteiger partial charge on any atom is 0.433 e. The fourth-order valence-electron chi connectivity index (χ4n) is 1.36. The van der Waals surface area contributed by atoms with Gasteiger partial charge in [-0.25, -0.2) is 4.21 Å². The summed E-state index contributed by atoms with van der Waals surface area (Å²) in [6.45, 7) is -0.300. The van der Waals surface area contributed by atoms with Crippen LogP contribution < -0.4 is 0 Å². The normalized spacial score (nSPS) is 10.7. The van der Waals surface area contributed by atoms with Crippen LogP contribution in [0.1, 0.15) is 22.5 Å². The highest BCUT2D eigenvalue weighted by Crippen LogP contribution is 2.27. The smallest absolute Gasteiger partial charge is 0.392 e. The molecule has 0 aliphatic rings. The molecule has 0 aliphatic heterocycles. The van der Waals surface area contributed by atoms with Gasteiger partial charge in [-0.2, -0.15) is 30.2 Å². The van der Waals surface area contributed by atoms with E-state index in [9.17, 15) is 30.2 Å². The lowest BCUT2D eigenvalue weighted by Gasteiger charge is -2.04. The molecule has 2 aromatic rings. The zero-order valence-corrected chi connectivity index (χ0v) is 18.2. The molecule has 172 valence electrons. The number of aliphatic hydroxyl groups is 1. The van der Waals surface area contributed by atoms with E-state index in [0.29, 0.717) is 11.1 Å². The van der Waals surface area contributed by atoms with E-state index in [0.717, 1.165) is 24.5 Å². The largest absolute Gasteiger partial charge is 0.433 e. The molecule has 16 heteroatoms. The Bertz CT molecular complexity index is 673. The molecule has 2 aromatic heterocycles. The molecule has 0 fully saturated rings. The SMILES string of the molecule is FC(F)(F)c1ccc(CCl)cn1.FS.O=S(Cl)Cl.OCc1ccc(C(F)(F)F)nc1. The molecule has 30 heavy (non-hydrogen) atoms. The molecule has 0 spiro atoms. The maximum absolute atomic E-state index is 11.9. The molecule has 0 bridgehead atoms. The molecule has 0 aromatic carbocycles. The lowest BCUT2D eigenvalue weighted by Crippen LogP contribution is -2.07. The summed E-state index contributed by atoms with van der Waals surface area (Å²) in [7, 11) is 7.36. The van der Waals surface area contributed by atoms with Crippen molar-refractivity contribution in [3.05, 3.63) is 59.2 Å². The van der Waals surface area contributed by atoms with E-state index >= 15 is 0 Å². The van der Waals surface area contributed by atoms with Crippen molar-refractivity contribution in [1.29, 1.82) is 0 Å². The lowest BCUT2D eigenvalue weighted by molar-refractivity contribution is -0.142. The number of hydrogen-bond donors (Lipinski definition) is 2. The average Bonchev–Trinajstić information content (AvgIpc) is 2.68. The molecule has 2 rings (SSSR count). The number of aliphatic hydroxyl groups excluding tert-OH is 1. The average molecular weight is 544 g/mol. The molecule has 0 unspecified atom stereocenters. The summed E-state index contributed by atoms with van der Waals surface area (Å²) in [4.78, 5) is 6.35. The molecule has 0 saturated carbocycles. The highest BCUT2D eigenvalue weighted by atomic mass is 36.0. The van der Waals surface area contributed by atoms with E-state index in [1.807, 2.05) is 13.0 Å². The number of aromatic nitrogens is 2. The van der Waals surface area contributed by atoms with Crippen LogP contribution in [0.3, 0.4) is 0 Å². The second kappa shape index (κ2) is 15.9. The van der Waals surface area contributed by atoms with Crippen LogP contribution in [0, 0.1) is 0 Å². The minimum atomic E-state index is -4.41. The predicted octanol–water partition coefficient (Wildman–Crippen LogP) is 6.28. The Morgan fingerprint density at radius 1 is 0.867 bits per heavy atom. The van der Waals surface area contributed by atoms with Gasteiger partial charge in [0.15, 0.2) is 0 Å². The van der Waals surface area contributed by atoms with Gasteiger partial charge < -0.3 is 5.11 Å². The first-order valence-electron chi connectivity index (χ1n) is 6.93. The van der Waals surface area contributed by atoms with Gasteiger partial charge in [-0.05, 0) is 23.3 Å². The van der Waals surface area contributed by atoms with Crippen LogP contribution in [0.25, 0.3) is 0 Å². The summed E-state index contributed by atoms with van der Waals surface area (Å²) >= 11 is 7.40. The van der Waals surface area contributed by atoms with Crippen molar-refractivity contribution in [2.45, 2.75) is 24.8 Å². The van der Waals surface area contributed by atoms with Crippen LogP contribution in [-0.4, -0.2) is 19.3 Å². The Kier molecular flexibility index (Phi) is 16.6. The van der Waals surface area contributed by atoms with Crippen molar-refractivity contribution < 1.29 is 39.5 Å². The third-order valence-corrected chi connectivity index (χ3v) is 2.88. The van der Waals surface area contributed by atoms with Crippen molar-refractivity contribution in [1.82, 2.24) is 9.97 Å². The summed E-state index contributed by atoms with van der Waals surface area (Å²) in [6, 6.07) is 4.25. The summed E-state index contributed by atoms with van der Waals surface area (Å²) in [5.74, 6) is 0.172. The quantitative estimate of drug-likeness (QED) is 0.203. The van der Waals surface area contributed by atoms with Crippen molar-refractivity contribution in [3.63, 3.8) is 0 Å². The third-order valence-electron chi connectivity index (χ3n) is 2.57. The number of nitrogens with zero attached hydrogens (tertiary/aromatic N) is 2. The van der Waals surface area contributed by atoms with Gasteiger partial charge in [-0.1, -0.05) is 12.1 Å². The first-order chi connectivity index (χ1) is 13.8. The molecule has 0 atom stereocenters. The Morgan fingerprint density at radius 3 is 1.40 bits per heavy atom. The van der Waals surface area contributed by atoms with Crippen molar-refractivity contribution in [3.8, 4) is 0 Å². The van der Waals surface area contributed by atoms with Crippen molar-refractivity contribution in [2.75, 3.05) is 0 Å². The van der Waals surface area contributed by atoms with E-state index in [1.165, 1.54) is 12.1 Å². The number of thiol groups is 1. The number of hydrogen-bond acceptors (Lipinski definition) is 5. The fourth-order valence-corrected chi connectivity index (χ4v) is 1.52. The van der Waals surface area contributed by atoms with Gasteiger partial charge in [-0.3, -0.25) is 9.97 Å². The zero-order chi connectivity index (χ0) is 24.0. The van der Waals surface area contributed by atoms with E-state index in [4.69, 9.17) is 20.9 Å². The minimum absolute atomic E-state index is 0.172. The van der Waals surface area contributed by atoms with E-state index < -0.39 is 33.0 Å². The Morgan fingerprint density at radius 2 is 1.20 bits per heavy atom. The summed E-state index contributed by atoms with van der Waals surface area (Å²) in [5.41, 5.74) is -0.899. The van der Waals surface area contributed by atoms with E-state index in [1.54, 1.807) is 0 Å². The first kappa shape index (κ1) is 31.3. The van der Waals surface area contributed by atoms with Crippen molar-refractivity contribution >= 4 is 55.2 Å². The van der Waals surface area contributed by atoms with Crippen LogP contribution in [0.4, 0.5) is 30.2 Å². The van der Waals surface area contributed by atoms with Crippen molar-refractivity contribution in [2.24, 2.45) is 0 Å². The standard InChI is InChI=1S/C7H5ClF3N.C7H6F3NO.Cl2OS.FHS/c8-3-5-1-2-6(12-4-5)7(9,10)11;8-7(9,10)6-2-1-5(4-12)3-11-6;1-4(2)3;1-2/h1-2,4H,3H2;1-3,12H,4H2;;2H. The highest BCUT2D eigenvalue weighted by molar-refractivity contribution is 8.26.